The summed E-state index contributed by atoms with van der Waals surface area (Å²) in [5, 5.41) is 2.42. The number of hydrogen-bond donors (Lipinski definition) is 0. The summed E-state index contributed by atoms with van der Waals surface area (Å²) in [5.41, 5.74) is 0. The van der Waals surface area contributed by atoms with Crippen molar-refractivity contribution in [2.45, 2.75) is 33.1 Å². The lowest BCUT2D eigenvalue weighted by molar-refractivity contribution is -0.131. The van der Waals surface area contributed by atoms with Crippen LogP contribution in [0.1, 0.15) is 6.92 Å². The third-order valence-corrected chi connectivity index (χ3v) is 11.6. The Morgan fingerprint density at radius 1 is 0.760 bits per heavy atom. The smallest absolute Gasteiger partial charge is 0.308 e. The van der Waals surface area contributed by atoms with Gasteiger partial charge in [-0.3, -0.25) is 4.79 Å². The molecule has 0 aliphatic carbocycles. The Morgan fingerprint density at radius 2 is 1.16 bits per heavy atom. The highest BCUT2D eigenvalue weighted by atomic mass is 28.4. The Morgan fingerprint density at radius 3 is 1.52 bits per heavy atom. The summed E-state index contributed by atoms with van der Waals surface area (Å²) >= 11 is 0. The molecule has 0 radical (unpaired) electrons. The van der Waals surface area contributed by atoms with E-state index < -0.39 is 16.6 Å². The van der Waals surface area contributed by atoms with Crippen molar-refractivity contribution in [2.24, 2.45) is 0 Å². The van der Waals surface area contributed by atoms with E-state index in [1.807, 2.05) is 36.4 Å². The molecule has 2 rings (SSSR count). The first kappa shape index (κ1) is 19.4. The zero-order valence-corrected chi connectivity index (χ0v) is 17.8. The second-order valence-corrected chi connectivity index (χ2v) is 15.0. The second kappa shape index (κ2) is 7.55. The van der Waals surface area contributed by atoms with E-state index >= 15 is 0 Å². The number of carbonyl (C=O) groups excluding carboxylic acids is 1. The molecule has 6 heteroatoms. The highest BCUT2D eigenvalue weighted by Gasteiger charge is 2.35. The first-order chi connectivity index (χ1) is 11.6. The average molecular weight is 375 g/mol. The topological polar surface area (TPSA) is 44.8 Å². The van der Waals surface area contributed by atoms with Gasteiger partial charge in [-0.05, 0) is 60.8 Å². The number of carbonyl (C=O) groups is 1. The molecule has 2 aromatic rings. The van der Waals surface area contributed by atoms with Gasteiger partial charge in [0.25, 0.3) is 0 Å². The standard InChI is InChI=1S/C19H26O4Si2/c1-15(20)22-17-9-13-19(14-10-17)25(5,6)23-24(3,4)18-11-7-16(21-2)8-12-18/h7-14H,1-6H3. The Hall–Kier alpha value is -1.90. The molecule has 0 spiro atoms. The molecule has 0 aliphatic heterocycles. The molecule has 0 aromatic heterocycles. The maximum absolute atomic E-state index is 11.0. The molecular weight excluding hydrogens is 348 g/mol. The summed E-state index contributed by atoms with van der Waals surface area (Å²) < 4.78 is 17.1. The lowest BCUT2D eigenvalue weighted by Crippen LogP contribution is -2.57. The summed E-state index contributed by atoms with van der Waals surface area (Å²) in [6.45, 7) is 10.2. The van der Waals surface area contributed by atoms with E-state index in [2.05, 4.69) is 38.3 Å². The fourth-order valence-corrected chi connectivity index (χ4v) is 10.8. The minimum Gasteiger partial charge on any atom is -0.497 e. The van der Waals surface area contributed by atoms with Gasteiger partial charge in [0.1, 0.15) is 11.5 Å². The van der Waals surface area contributed by atoms with Crippen LogP contribution < -0.4 is 19.8 Å². The van der Waals surface area contributed by atoms with Gasteiger partial charge in [-0.2, -0.15) is 0 Å². The third kappa shape index (κ3) is 5.04. The van der Waals surface area contributed by atoms with Gasteiger partial charge in [0, 0.05) is 6.92 Å². The maximum atomic E-state index is 11.0. The average Bonchev–Trinajstić information content (AvgIpc) is 2.54. The van der Waals surface area contributed by atoms with E-state index in [9.17, 15) is 4.79 Å². The molecule has 0 bridgehead atoms. The van der Waals surface area contributed by atoms with Crippen LogP contribution in [-0.2, 0) is 8.91 Å². The van der Waals surface area contributed by atoms with E-state index in [0.29, 0.717) is 5.75 Å². The van der Waals surface area contributed by atoms with Gasteiger partial charge in [0.2, 0.25) is 16.6 Å². The van der Waals surface area contributed by atoms with E-state index in [-0.39, 0.29) is 5.97 Å². The van der Waals surface area contributed by atoms with Gasteiger partial charge in [0.05, 0.1) is 7.11 Å². The van der Waals surface area contributed by atoms with E-state index in [0.717, 1.165) is 5.75 Å². The van der Waals surface area contributed by atoms with Crippen molar-refractivity contribution >= 4 is 33.0 Å². The molecule has 0 heterocycles. The Kier molecular flexibility index (Phi) is 5.87. The zero-order chi connectivity index (χ0) is 18.7. The number of hydrogen-bond acceptors (Lipinski definition) is 4. The van der Waals surface area contributed by atoms with Crippen LogP contribution in [-0.4, -0.2) is 29.7 Å². The minimum atomic E-state index is -2.09. The van der Waals surface area contributed by atoms with Crippen LogP contribution in [0.4, 0.5) is 0 Å². The Bertz CT molecular complexity index is 722. The van der Waals surface area contributed by atoms with Gasteiger partial charge in [-0.15, -0.1) is 0 Å². The number of benzene rings is 2. The highest BCUT2D eigenvalue weighted by molar-refractivity contribution is 6.96. The molecule has 0 amide bonds. The molecule has 0 N–H and O–H groups in total. The number of esters is 1. The molecule has 0 saturated carbocycles. The van der Waals surface area contributed by atoms with Crippen molar-refractivity contribution < 1.29 is 18.4 Å². The minimum absolute atomic E-state index is 0.312. The van der Waals surface area contributed by atoms with Crippen molar-refractivity contribution in [1.82, 2.24) is 0 Å². The molecule has 4 nitrogen and oxygen atoms in total. The predicted molar refractivity (Wildman–Crippen MR) is 106 cm³/mol. The summed E-state index contributed by atoms with van der Waals surface area (Å²) in [6, 6.07) is 15.8. The van der Waals surface area contributed by atoms with Crippen LogP contribution in [0.2, 0.25) is 26.2 Å². The molecule has 0 aliphatic rings. The SMILES string of the molecule is COc1ccc([Si](C)(C)O[Si](C)(C)c2ccc(OC(C)=O)cc2)cc1. The van der Waals surface area contributed by atoms with Crippen molar-refractivity contribution in [3.05, 3.63) is 48.5 Å². The number of rotatable bonds is 6. The van der Waals surface area contributed by atoms with Gasteiger partial charge >= 0.3 is 5.97 Å². The van der Waals surface area contributed by atoms with Crippen LogP contribution in [0.5, 0.6) is 11.5 Å². The lowest BCUT2D eigenvalue weighted by atomic mass is 10.3. The first-order valence-corrected chi connectivity index (χ1v) is 14.1. The fraction of sp³-hybridized carbons (Fsp3) is 0.316. The monoisotopic (exact) mass is 374 g/mol. The quantitative estimate of drug-likeness (QED) is 0.443. The van der Waals surface area contributed by atoms with Crippen molar-refractivity contribution in [3.8, 4) is 11.5 Å². The molecule has 0 saturated heterocycles. The highest BCUT2D eigenvalue weighted by Crippen LogP contribution is 2.18. The molecule has 134 valence electrons. The summed E-state index contributed by atoms with van der Waals surface area (Å²) in [7, 11) is -2.47. The van der Waals surface area contributed by atoms with Crippen LogP contribution in [0.3, 0.4) is 0 Å². The maximum Gasteiger partial charge on any atom is 0.308 e. The van der Waals surface area contributed by atoms with Crippen LogP contribution in [0, 0.1) is 0 Å². The Labute approximate surface area is 152 Å². The lowest BCUT2D eigenvalue weighted by Gasteiger charge is -2.34. The molecule has 0 atom stereocenters. The van der Waals surface area contributed by atoms with Gasteiger partial charge in [0.15, 0.2) is 0 Å². The van der Waals surface area contributed by atoms with E-state index in [1.54, 1.807) is 7.11 Å². The van der Waals surface area contributed by atoms with Gasteiger partial charge < -0.3 is 13.6 Å². The van der Waals surface area contributed by atoms with Gasteiger partial charge in [-0.25, -0.2) is 0 Å². The van der Waals surface area contributed by atoms with Crippen molar-refractivity contribution in [3.63, 3.8) is 0 Å². The molecule has 2 aromatic carbocycles. The summed E-state index contributed by atoms with van der Waals surface area (Å²) in [5.74, 6) is 1.10. The summed E-state index contributed by atoms with van der Waals surface area (Å²) in [4.78, 5) is 11.0. The second-order valence-electron chi connectivity index (χ2n) is 6.97. The largest absolute Gasteiger partial charge is 0.497 e. The van der Waals surface area contributed by atoms with Crippen molar-refractivity contribution in [1.29, 1.82) is 0 Å². The molecular formula is C19H26O4Si2. The van der Waals surface area contributed by atoms with E-state index in [1.165, 1.54) is 17.3 Å². The molecule has 0 fully saturated rings. The first-order valence-electron chi connectivity index (χ1n) is 8.28. The van der Waals surface area contributed by atoms with Crippen molar-refractivity contribution in [2.75, 3.05) is 7.11 Å². The summed E-state index contributed by atoms with van der Waals surface area (Å²) in [6.07, 6.45) is 0. The van der Waals surface area contributed by atoms with Crippen LogP contribution >= 0.6 is 0 Å². The normalized spacial score (nSPS) is 11.9. The zero-order valence-electron chi connectivity index (χ0n) is 15.8. The fourth-order valence-electron chi connectivity index (χ4n) is 2.84. The van der Waals surface area contributed by atoms with E-state index in [4.69, 9.17) is 13.6 Å². The van der Waals surface area contributed by atoms with Crippen LogP contribution in [0.15, 0.2) is 48.5 Å². The Balaban J connectivity index is 2.18. The number of methoxy groups -OCH3 is 1. The van der Waals surface area contributed by atoms with Gasteiger partial charge in [-0.1, -0.05) is 24.3 Å². The third-order valence-electron chi connectivity index (χ3n) is 4.11. The van der Waals surface area contributed by atoms with Crippen LogP contribution in [0.25, 0.3) is 0 Å². The number of ether oxygens (including phenoxy) is 2. The predicted octanol–water partition coefficient (Wildman–Crippen LogP) is 3.16. The molecule has 25 heavy (non-hydrogen) atoms. The molecule has 0 unspecified atom stereocenters.